The molecule has 0 aromatic heterocycles. The van der Waals surface area contributed by atoms with Crippen LogP contribution in [0.1, 0.15) is 34.6 Å². The van der Waals surface area contributed by atoms with Gasteiger partial charge in [-0.1, -0.05) is 36.4 Å². The van der Waals surface area contributed by atoms with Crippen LogP contribution >= 0.6 is 0 Å². The molecule has 1 N–H and O–H groups in total. The molecule has 2 aromatic carbocycles. The summed E-state index contributed by atoms with van der Waals surface area (Å²) in [5.41, 5.74) is -0.844. The van der Waals surface area contributed by atoms with Gasteiger partial charge in [0, 0.05) is 0 Å². The average Bonchev–Trinajstić information content (AvgIpc) is 2.86. The zero-order valence-corrected chi connectivity index (χ0v) is 14.5. The van der Waals surface area contributed by atoms with Gasteiger partial charge in [0.1, 0.15) is 0 Å². The lowest BCUT2D eigenvalue weighted by Gasteiger charge is -2.32. The van der Waals surface area contributed by atoms with Crippen molar-refractivity contribution in [2.45, 2.75) is 37.9 Å². The van der Waals surface area contributed by atoms with Crippen molar-refractivity contribution >= 4 is 11.9 Å². The van der Waals surface area contributed by atoms with Gasteiger partial charge >= 0.3 is 11.9 Å². The first-order valence-electron chi connectivity index (χ1n) is 8.30. The lowest BCUT2D eigenvalue weighted by molar-refractivity contribution is -0.169. The van der Waals surface area contributed by atoms with E-state index in [1.165, 1.54) is 6.92 Å². The predicted molar refractivity (Wildman–Crippen MR) is 92.5 cm³/mol. The lowest BCUT2D eigenvalue weighted by atomic mass is 9.97. The Morgan fingerprint density at radius 1 is 0.962 bits per heavy atom. The van der Waals surface area contributed by atoms with E-state index in [9.17, 15) is 14.7 Å². The van der Waals surface area contributed by atoms with Gasteiger partial charge in [-0.05, 0) is 38.1 Å². The van der Waals surface area contributed by atoms with E-state index in [0.29, 0.717) is 11.1 Å². The molecule has 26 heavy (non-hydrogen) atoms. The van der Waals surface area contributed by atoms with Crippen LogP contribution < -0.4 is 0 Å². The summed E-state index contributed by atoms with van der Waals surface area (Å²) in [5.74, 6) is -1.22. The molecule has 6 nitrogen and oxygen atoms in total. The minimum atomic E-state index is -1.53. The lowest BCUT2D eigenvalue weighted by Crippen LogP contribution is -2.51. The molecule has 0 bridgehead atoms. The highest BCUT2D eigenvalue weighted by Crippen LogP contribution is 2.36. The van der Waals surface area contributed by atoms with Gasteiger partial charge in [0.05, 0.1) is 17.2 Å². The van der Waals surface area contributed by atoms with E-state index in [1.54, 1.807) is 67.6 Å². The molecule has 0 radical (unpaired) electrons. The van der Waals surface area contributed by atoms with Crippen LogP contribution in [0.25, 0.3) is 0 Å². The quantitative estimate of drug-likeness (QED) is 0.848. The van der Waals surface area contributed by atoms with Gasteiger partial charge < -0.3 is 19.3 Å². The second kappa shape index (κ2) is 7.27. The molecular weight excluding hydrogens is 336 g/mol. The molecule has 1 aliphatic rings. The van der Waals surface area contributed by atoms with Gasteiger partial charge in [-0.2, -0.15) is 0 Å². The highest BCUT2D eigenvalue weighted by molar-refractivity contribution is 5.90. The molecule has 0 aliphatic carbocycles. The van der Waals surface area contributed by atoms with E-state index < -0.39 is 36.0 Å². The molecule has 0 saturated carbocycles. The minimum absolute atomic E-state index is 0.327. The largest absolute Gasteiger partial charge is 0.452 e. The van der Waals surface area contributed by atoms with Gasteiger partial charge in [0.15, 0.2) is 18.0 Å². The molecule has 136 valence electrons. The van der Waals surface area contributed by atoms with Gasteiger partial charge in [-0.15, -0.1) is 0 Å². The Hall–Kier alpha value is -2.70. The van der Waals surface area contributed by atoms with E-state index in [0.717, 1.165) is 0 Å². The number of carbonyl (C=O) groups is 2. The summed E-state index contributed by atoms with van der Waals surface area (Å²) in [6, 6.07) is 16.8. The van der Waals surface area contributed by atoms with Crippen molar-refractivity contribution in [3.8, 4) is 0 Å². The predicted octanol–water partition coefficient (Wildman–Crippen LogP) is 2.56. The van der Waals surface area contributed by atoms with Gasteiger partial charge in [-0.3, -0.25) is 0 Å². The van der Waals surface area contributed by atoms with Crippen molar-refractivity contribution in [1.82, 2.24) is 0 Å². The molecule has 1 unspecified atom stereocenters. The number of esters is 2. The fourth-order valence-electron chi connectivity index (χ4n) is 2.93. The number of ether oxygens (including phenoxy) is 3. The third-order valence-corrected chi connectivity index (χ3v) is 4.39. The number of aliphatic hydroxyl groups excluding tert-OH is 1. The first-order valence-corrected chi connectivity index (χ1v) is 8.30. The third kappa shape index (κ3) is 3.47. The van der Waals surface area contributed by atoms with E-state index >= 15 is 0 Å². The van der Waals surface area contributed by atoms with Crippen LogP contribution in [-0.4, -0.2) is 41.1 Å². The van der Waals surface area contributed by atoms with E-state index in [2.05, 4.69) is 0 Å². The summed E-state index contributed by atoms with van der Waals surface area (Å²) >= 11 is 0. The Labute approximate surface area is 151 Å². The van der Waals surface area contributed by atoms with E-state index in [1.807, 2.05) is 0 Å². The summed E-state index contributed by atoms with van der Waals surface area (Å²) in [5, 5.41) is 10.3. The maximum Gasteiger partial charge on any atom is 0.338 e. The molecule has 6 heteroatoms. The Kier molecular flexibility index (Phi) is 5.06. The van der Waals surface area contributed by atoms with Crippen LogP contribution in [0.4, 0.5) is 0 Å². The zero-order chi connectivity index (χ0) is 18.7. The van der Waals surface area contributed by atoms with Crippen LogP contribution in [0.2, 0.25) is 0 Å². The number of benzene rings is 2. The van der Waals surface area contributed by atoms with E-state index in [4.69, 9.17) is 14.2 Å². The van der Waals surface area contributed by atoms with Crippen LogP contribution in [0.3, 0.4) is 0 Å². The van der Waals surface area contributed by atoms with Crippen molar-refractivity contribution in [3.05, 3.63) is 71.8 Å². The number of hydrogen-bond acceptors (Lipinski definition) is 6. The average molecular weight is 356 g/mol. The molecular formula is C20H20O6. The number of carbonyl (C=O) groups excluding carboxylic acids is 2. The van der Waals surface area contributed by atoms with Crippen molar-refractivity contribution in [1.29, 1.82) is 0 Å². The first-order chi connectivity index (χ1) is 12.4. The fraction of sp³-hybridized carbons (Fsp3) is 0.300. The SMILES string of the molecule is C[C@H]1OC(O)[C@](C)(OC(=O)c2ccccc2)[C@@H]1OC(=O)c1ccccc1. The third-order valence-electron chi connectivity index (χ3n) is 4.39. The Bertz CT molecular complexity index is 775. The zero-order valence-electron chi connectivity index (χ0n) is 14.5. The number of rotatable bonds is 4. The summed E-state index contributed by atoms with van der Waals surface area (Å²) < 4.78 is 16.4. The second-order valence-corrected chi connectivity index (χ2v) is 6.32. The standard InChI is InChI=1S/C20H20O6/c1-13-16(25-17(21)14-9-5-3-6-10-14)20(2,19(23)24-13)26-18(22)15-11-7-4-8-12-15/h3-13,16,19,23H,1-2H3/t13-,16-,19?,20-/m1/s1. The van der Waals surface area contributed by atoms with Crippen molar-refractivity contribution < 1.29 is 28.9 Å². The molecule has 0 spiro atoms. The van der Waals surface area contributed by atoms with Gasteiger partial charge in [0.2, 0.25) is 0 Å². The molecule has 1 aliphatic heterocycles. The van der Waals surface area contributed by atoms with Gasteiger partial charge in [-0.25, -0.2) is 9.59 Å². The Morgan fingerprint density at radius 3 is 2.00 bits per heavy atom. The molecule has 1 fully saturated rings. The highest BCUT2D eigenvalue weighted by Gasteiger charge is 2.57. The topological polar surface area (TPSA) is 82.1 Å². The summed E-state index contributed by atoms with van der Waals surface area (Å²) in [4.78, 5) is 24.8. The Morgan fingerprint density at radius 2 is 1.46 bits per heavy atom. The molecule has 1 heterocycles. The monoisotopic (exact) mass is 356 g/mol. The van der Waals surface area contributed by atoms with Crippen LogP contribution in [0, 0.1) is 0 Å². The smallest absolute Gasteiger partial charge is 0.338 e. The maximum absolute atomic E-state index is 12.4. The van der Waals surface area contributed by atoms with Crippen LogP contribution in [0.5, 0.6) is 0 Å². The second-order valence-electron chi connectivity index (χ2n) is 6.32. The minimum Gasteiger partial charge on any atom is -0.452 e. The van der Waals surface area contributed by atoms with Crippen LogP contribution in [-0.2, 0) is 14.2 Å². The normalized spacial score (nSPS) is 27.7. The molecule has 1 saturated heterocycles. The number of hydrogen-bond donors (Lipinski definition) is 1. The molecule has 4 atom stereocenters. The van der Waals surface area contributed by atoms with Crippen LogP contribution in [0.15, 0.2) is 60.7 Å². The van der Waals surface area contributed by atoms with E-state index in [-0.39, 0.29) is 0 Å². The molecule has 2 aromatic rings. The maximum atomic E-state index is 12.4. The van der Waals surface area contributed by atoms with Crippen molar-refractivity contribution in [2.75, 3.05) is 0 Å². The Balaban J connectivity index is 1.81. The molecule has 3 rings (SSSR count). The summed E-state index contributed by atoms with van der Waals surface area (Å²) in [6.07, 6.45) is -3.03. The first kappa shape index (κ1) is 18.1. The fourth-order valence-corrected chi connectivity index (χ4v) is 2.93. The van der Waals surface area contributed by atoms with Crippen molar-refractivity contribution in [3.63, 3.8) is 0 Å². The summed E-state index contributed by atoms with van der Waals surface area (Å²) in [6.45, 7) is 3.14. The van der Waals surface area contributed by atoms with Crippen molar-refractivity contribution in [2.24, 2.45) is 0 Å². The molecule has 0 amide bonds. The highest BCUT2D eigenvalue weighted by atomic mass is 16.7. The van der Waals surface area contributed by atoms with Gasteiger partial charge in [0.25, 0.3) is 0 Å². The summed E-state index contributed by atoms with van der Waals surface area (Å²) in [7, 11) is 0. The number of aliphatic hydroxyl groups is 1.